The molecule has 0 saturated carbocycles. The number of para-hydroxylation sites is 1. The zero-order valence-electron chi connectivity index (χ0n) is 35.3. The first-order chi connectivity index (χ1) is 31.0. The van der Waals surface area contributed by atoms with Crippen molar-refractivity contribution in [3.8, 4) is 50.2 Å². The summed E-state index contributed by atoms with van der Waals surface area (Å²) in [5, 5.41) is 5.06. The fraction of sp³-hybridized carbons (Fsp3) is 0.0492. The molecule has 0 radical (unpaired) electrons. The van der Waals surface area contributed by atoms with Crippen molar-refractivity contribution in [1.82, 2.24) is 4.57 Å². The lowest BCUT2D eigenvalue weighted by molar-refractivity contribution is 0.661. The molecule has 0 fully saturated rings. The third kappa shape index (κ3) is 6.09. The third-order valence-electron chi connectivity index (χ3n) is 13.4. The maximum Gasteiger partial charge on any atom is 0.0547 e. The van der Waals surface area contributed by atoms with Gasteiger partial charge in [-0.1, -0.05) is 172 Å². The molecule has 12 rings (SSSR count). The Morgan fingerprint density at radius 3 is 1.56 bits per heavy atom. The van der Waals surface area contributed by atoms with Crippen LogP contribution in [0.4, 0.5) is 17.1 Å². The van der Waals surface area contributed by atoms with Gasteiger partial charge in [0.2, 0.25) is 0 Å². The van der Waals surface area contributed by atoms with Crippen LogP contribution in [0.25, 0.3) is 82.8 Å². The fourth-order valence-corrected chi connectivity index (χ4v) is 10.2. The van der Waals surface area contributed by atoms with E-state index in [0.29, 0.717) is 0 Å². The van der Waals surface area contributed by atoms with Crippen molar-refractivity contribution in [2.24, 2.45) is 0 Å². The molecule has 0 unspecified atom stereocenters. The maximum absolute atomic E-state index is 2.46. The van der Waals surface area contributed by atoms with E-state index in [-0.39, 0.29) is 5.41 Å². The minimum absolute atomic E-state index is 0.0581. The molecule has 0 bridgehead atoms. The van der Waals surface area contributed by atoms with Crippen LogP contribution in [0.15, 0.2) is 231 Å². The summed E-state index contributed by atoms with van der Waals surface area (Å²) in [6.45, 7) is 4.73. The molecule has 0 amide bonds. The van der Waals surface area contributed by atoms with Gasteiger partial charge in [-0.3, -0.25) is 0 Å². The number of hydrogen-bond acceptors (Lipinski definition) is 1. The van der Waals surface area contributed by atoms with Crippen LogP contribution in [0.5, 0.6) is 0 Å². The summed E-state index contributed by atoms with van der Waals surface area (Å²) >= 11 is 0. The van der Waals surface area contributed by atoms with Crippen LogP contribution in [-0.4, -0.2) is 4.57 Å². The fourth-order valence-electron chi connectivity index (χ4n) is 10.2. The second kappa shape index (κ2) is 14.6. The van der Waals surface area contributed by atoms with Crippen LogP contribution < -0.4 is 4.90 Å². The molecule has 1 aliphatic rings. The highest BCUT2D eigenvalue weighted by Crippen LogP contribution is 2.52. The highest BCUT2D eigenvalue weighted by molar-refractivity contribution is 6.17. The van der Waals surface area contributed by atoms with Gasteiger partial charge in [0, 0.05) is 38.9 Å². The zero-order chi connectivity index (χ0) is 42.1. The van der Waals surface area contributed by atoms with Crippen LogP contribution in [0, 0.1) is 0 Å². The number of fused-ring (bicyclic) bond motifs is 8. The Morgan fingerprint density at radius 2 is 0.889 bits per heavy atom. The molecule has 0 N–H and O–H groups in total. The molecule has 0 saturated heterocycles. The van der Waals surface area contributed by atoms with Crippen molar-refractivity contribution in [3.63, 3.8) is 0 Å². The van der Waals surface area contributed by atoms with Gasteiger partial charge < -0.3 is 9.47 Å². The summed E-state index contributed by atoms with van der Waals surface area (Å²) in [7, 11) is 0. The molecule has 2 nitrogen and oxygen atoms in total. The minimum atomic E-state index is -0.0581. The molecular weight excluding hydrogens is 761 g/mol. The van der Waals surface area contributed by atoms with Gasteiger partial charge in [0.1, 0.15) is 0 Å². The van der Waals surface area contributed by atoms with Gasteiger partial charge >= 0.3 is 0 Å². The first-order valence-electron chi connectivity index (χ1n) is 21.9. The van der Waals surface area contributed by atoms with Gasteiger partial charge in [-0.15, -0.1) is 0 Å². The Balaban J connectivity index is 1.01. The summed E-state index contributed by atoms with van der Waals surface area (Å²) in [6.07, 6.45) is 0. The summed E-state index contributed by atoms with van der Waals surface area (Å²) < 4.78 is 2.45. The van der Waals surface area contributed by atoms with Crippen molar-refractivity contribution in [2.45, 2.75) is 19.3 Å². The van der Waals surface area contributed by atoms with Crippen molar-refractivity contribution in [2.75, 3.05) is 4.90 Å². The Kier molecular flexibility index (Phi) is 8.55. The number of benzene rings is 10. The highest BCUT2D eigenvalue weighted by Gasteiger charge is 2.36. The van der Waals surface area contributed by atoms with Crippen LogP contribution >= 0.6 is 0 Å². The average molecular weight is 805 g/mol. The first-order valence-corrected chi connectivity index (χ1v) is 21.9. The Bertz CT molecular complexity index is 3410. The Morgan fingerprint density at radius 1 is 0.349 bits per heavy atom. The van der Waals surface area contributed by atoms with E-state index in [4.69, 9.17) is 0 Å². The molecule has 0 spiro atoms. The van der Waals surface area contributed by atoms with Gasteiger partial charge in [0.05, 0.1) is 11.0 Å². The Labute approximate surface area is 368 Å². The number of rotatable bonds is 7. The lowest BCUT2D eigenvalue weighted by Gasteiger charge is -2.26. The van der Waals surface area contributed by atoms with Crippen LogP contribution in [0.2, 0.25) is 0 Å². The van der Waals surface area contributed by atoms with Crippen molar-refractivity contribution in [1.29, 1.82) is 0 Å². The van der Waals surface area contributed by atoms with Crippen molar-refractivity contribution < 1.29 is 0 Å². The molecule has 1 aromatic heterocycles. The first kappa shape index (κ1) is 36.9. The second-order valence-electron chi connectivity index (χ2n) is 17.4. The van der Waals surface area contributed by atoms with E-state index < -0.39 is 0 Å². The topological polar surface area (TPSA) is 8.17 Å². The summed E-state index contributed by atoms with van der Waals surface area (Å²) in [6, 6.07) is 84.5. The van der Waals surface area contributed by atoms with Gasteiger partial charge in [-0.05, 0) is 139 Å². The summed E-state index contributed by atoms with van der Waals surface area (Å²) in [5.74, 6) is 0. The molecule has 1 heterocycles. The molecule has 1 aliphatic carbocycles. The number of hydrogen-bond donors (Lipinski definition) is 0. The van der Waals surface area contributed by atoms with E-state index in [1.807, 2.05) is 0 Å². The van der Waals surface area contributed by atoms with E-state index in [0.717, 1.165) is 22.7 Å². The molecular formula is C61H44N2. The summed E-state index contributed by atoms with van der Waals surface area (Å²) in [4.78, 5) is 2.37. The predicted molar refractivity (Wildman–Crippen MR) is 267 cm³/mol. The Hall–Kier alpha value is -7.94. The third-order valence-corrected chi connectivity index (χ3v) is 13.4. The lowest BCUT2D eigenvalue weighted by atomic mass is 9.82. The quantitative estimate of drug-likeness (QED) is 0.156. The smallest absolute Gasteiger partial charge is 0.0547 e. The van der Waals surface area contributed by atoms with Gasteiger partial charge in [0.25, 0.3) is 0 Å². The van der Waals surface area contributed by atoms with Crippen molar-refractivity contribution in [3.05, 3.63) is 242 Å². The zero-order valence-corrected chi connectivity index (χ0v) is 35.3. The molecule has 11 aromatic rings. The molecule has 298 valence electrons. The SMILES string of the molecule is CC1(C)c2ccccc2-c2c1ccc1cc3c4cc(-c5cccc(N(c6ccc(-c7ccccc7)cc6)c6ccc(-c7ccccc7)cc6)c5)ccc4n(-c4ccccc4)c3cc21. The number of nitrogens with zero attached hydrogens (tertiary/aromatic N) is 2. The lowest BCUT2D eigenvalue weighted by Crippen LogP contribution is -2.14. The predicted octanol–water partition coefficient (Wildman–Crippen LogP) is 16.7. The van der Waals surface area contributed by atoms with E-state index >= 15 is 0 Å². The van der Waals surface area contributed by atoms with Gasteiger partial charge in [-0.25, -0.2) is 0 Å². The molecule has 10 aromatic carbocycles. The monoisotopic (exact) mass is 804 g/mol. The normalized spacial score (nSPS) is 12.7. The second-order valence-corrected chi connectivity index (χ2v) is 17.4. The highest BCUT2D eigenvalue weighted by atomic mass is 15.1. The summed E-state index contributed by atoms with van der Waals surface area (Å²) in [5.41, 5.74) is 19.5. The standard InChI is InChI=1S/C61H44N2/c1-61(2)56-24-13-12-23-52(56)60-53-40-59-55(39-47(53)29-35-57(60)61)54-38-46(30-36-58(54)63(59)48-20-10-5-11-21-48)45-19-14-22-51(37-45)62(49-31-25-43(26-32-49)41-15-6-3-7-16-41)50-33-27-44(28-34-50)42-17-8-4-9-18-42/h3-40H,1-2H3. The van der Waals surface area contributed by atoms with E-state index in [2.05, 4.69) is 254 Å². The van der Waals surface area contributed by atoms with Gasteiger partial charge in [-0.2, -0.15) is 0 Å². The average Bonchev–Trinajstić information content (AvgIpc) is 3.79. The van der Waals surface area contributed by atoms with Crippen molar-refractivity contribution >= 4 is 49.6 Å². The largest absolute Gasteiger partial charge is 0.310 e. The van der Waals surface area contributed by atoms with Crippen LogP contribution in [-0.2, 0) is 5.41 Å². The van der Waals surface area contributed by atoms with E-state index in [1.165, 1.54) is 88.2 Å². The van der Waals surface area contributed by atoms with E-state index in [1.54, 1.807) is 0 Å². The molecule has 2 heteroatoms. The van der Waals surface area contributed by atoms with Crippen LogP contribution in [0.1, 0.15) is 25.0 Å². The maximum atomic E-state index is 2.46. The molecule has 0 atom stereocenters. The number of aromatic nitrogens is 1. The van der Waals surface area contributed by atoms with Gasteiger partial charge in [0.15, 0.2) is 0 Å². The molecule has 0 aliphatic heterocycles. The van der Waals surface area contributed by atoms with E-state index in [9.17, 15) is 0 Å². The number of anilines is 3. The minimum Gasteiger partial charge on any atom is -0.310 e. The molecule has 63 heavy (non-hydrogen) atoms. The van der Waals surface area contributed by atoms with Crippen LogP contribution in [0.3, 0.4) is 0 Å².